The van der Waals surface area contributed by atoms with Gasteiger partial charge in [-0.2, -0.15) is 9.40 Å². The maximum atomic E-state index is 12.3. The number of aromatic amines is 1. The Bertz CT molecular complexity index is 483. The highest BCUT2D eigenvalue weighted by Crippen LogP contribution is 2.20. The van der Waals surface area contributed by atoms with Gasteiger partial charge in [0.2, 0.25) is 0 Å². The van der Waals surface area contributed by atoms with Crippen molar-refractivity contribution in [3.8, 4) is 0 Å². The molecular weight excluding hydrogens is 258 g/mol. The molecule has 0 amide bonds. The van der Waals surface area contributed by atoms with Gasteiger partial charge in [-0.1, -0.05) is 6.92 Å². The third kappa shape index (κ3) is 2.89. The van der Waals surface area contributed by atoms with E-state index in [1.807, 2.05) is 0 Å². The number of hydrogen-bond donors (Lipinski definition) is 2. The SMILES string of the molecule is CCN(CCOC)S(=O)(=O)c1n[nH]c(C)c1CO. The quantitative estimate of drug-likeness (QED) is 0.723. The monoisotopic (exact) mass is 277 g/mol. The molecule has 1 aromatic rings. The second-order valence-corrected chi connectivity index (χ2v) is 5.63. The van der Waals surface area contributed by atoms with Gasteiger partial charge in [0.05, 0.1) is 13.2 Å². The van der Waals surface area contributed by atoms with Crippen LogP contribution in [0.25, 0.3) is 0 Å². The molecule has 8 heteroatoms. The van der Waals surface area contributed by atoms with E-state index in [2.05, 4.69) is 10.2 Å². The fraction of sp³-hybridized carbons (Fsp3) is 0.700. The van der Waals surface area contributed by atoms with Crippen LogP contribution in [-0.2, 0) is 21.4 Å². The van der Waals surface area contributed by atoms with Crippen molar-refractivity contribution in [1.29, 1.82) is 0 Å². The average Bonchev–Trinajstić information content (AvgIpc) is 2.71. The van der Waals surface area contributed by atoms with Gasteiger partial charge >= 0.3 is 0 Å². The first kappa shape index (κ1) is 15.1. The molecule has 0 fully saturated rings. The van der Waals surface area contributed by atoms with E-state index < -0.39 is 10.0 Å². The maximum Gasteiger partial charge on any atom is 0.262 e. The predicted octanol–water partition coefficient (Wildman–Crippen LogP) is -0.133. The summed E-state index contributed by atoms with van der Waals surface area (Å²) in [6.07, 6.45) is 0. The van der Waals surface area contributed by atoms with Gasteiger partial charge in [-0.3, -0.25) is 5.10 Å². The highest BCUT2D eigenvalue weighted by molar-refractivity contribution is 7.89. The highest BCUT2D eigenvalue weighted by atomic mass is 32.2. The Morgan fingerprint density at radius 3 is 2.67 bits per heavy atom. The molecule has 0 saturated carbocycles. The maximum absolute atomic E-state index is 12.3. The molecule has 0 aliphatic heterocycles. The molecule has 1 heterocycles. The molecule has 0 saturated heterocycles. The fourth-order valence-electron chi connectivity index (χ4n) is 1.59. The van der Waals surface area contributed by atoms with E-state index in [1.54, 1.807) is 13.8 Å². The third-order valence-corrected chi connectivity index (χ3v) is 4.62. The van der Waals surface area contributed by atoms with Crippen molar-refractivity contribution in [3.63, 3.8) is 0 Å². The van der Waals surface area contributed by atoms with Crippen molar-refractivity contribution in [2.45, 2.75) is 25.5 Å². The number of aliphatic hydroxyl groups is 1. The smallest absolute Gasteiger partial charge is 0.262 e. The zero-order valence-corrected chi connectivity index (χ0v) is 11.6. The normalized spacial score (nSPS) is 12.3. The first-order chi connectivity index (χ1) is 8.48. The first-order valence-corrected chi connectivity index (χ1v) is 7.06. The van der Waals surface area contributed by atoms with Crippen molar-refractivity contribution in [3.05, 3.63) is 11.3 Å². The van der Waals surface area contributed by atoms with Gasteiger partial charge in [0.15, 0.2) is 5.03 Å². The number of rotatable bonds is 7. The van der Waals surface area contributed by atoms with Crippen LogP contribution in [0.5, 0.6) is 0 Å². The Morgan fingerprint density at radius 1 is 1.50 bits per heavy atom. The number of H-pyrrole nitrogens is 1. The summed E-state index contributed by atoms with van der Waals surface area (Å²) < 4.78 is 30.8. The summed E-state index contributed by atoms with van der Waals surface area (Å²) in [6.45, 7) is 3.94. The Kier molecular flexibility index (Phi) is 5.27. The van der Waals surface area contributed by atoms with Crippen LogP contribution in [0.1, 0.15) is 18.2 Å². The minimum atomic E-state index is -3.69. The van der Waals surface area contributed by atoms with Crippen LogP contribution in [0.4, 0.5) is 0 Å². The number of ether oxygens (including phenoxy) is 1. The summed E-state index contributed by atoms with van der Waals surface area (Å²) >= 11 is 0. The number of aryl methyl sites for hydroxylation is 1. The Morgan fingerprint density at radius 2 is 2.17 bits per heavy atom. The highest BCUT2D eigenvalue weighted by Gasteiger charge is 2.29. The minimum absolute atomic E-state index is 0.111. The number of nitrogens with zero attached hydrogens (tertiary/aromatic N) is 2. The molecule has 1 rings (SSSR count). The number of aromatic nitrogens is 2. The fourth-order valence-corrected chi connectivity index (χ4v) is 3.18. The molecule has 0 bridgehead atoms. The number of hydrogen-bond acceptors (Lipinski definition) is 5. The van der Waals surface area contributed by atoms with E-state index in [0.717, 1.165) is 0 Å². The van der Waals surface area contributed by atoms with E-state index in [9.17, 15) is 13.5 Å². The zero-order chi connectivity index (χ0) is 13.8. The Labute approximate surface area is 107 Å². The molecule has 7 nitrogen and oxygen atoms in total. The summed E-state index contributed by atoms with van der Waals surface area (Å²) in [5, 5.41) is 15.5. The van der Waals surface area contributed by atoms with Crippen LogP contribution in [0, 0.1) is 6.92 Å². The molecule has 18 heavy (non-hydrogen) atoms. The van der Waals surface area contributed by atoms with E-state index in [4.69, 9.17) is 4.74 Å². The number of aliphatic hydroxyl groups excluding tert-OH is 1. The third-order valence-electron chi connectivity index (χ3n) is 2.68. The summed E-state index contributed by atoms with van der Waals surface area (Å²) in [5.41, 5.74) is 0.865. The minimum Gasteiger partial charge on any atom is -0.392 e. The second kappa shape index (κ2) is 6.28. The lowest BCUT2D eigenvalue weighted by molar-refractivity contribution is 0.180. The lowest BCUT2D eigenvalue weighted by atomic mass is 10.3. The number of methoxy groups -OCH3 is 1. The van der Waals surface area contributed by atoms with Crippen LogP contribution >= 0.6 is 0 Å². The van der Waals surface area contributed by atoms with Crippen molar-refractivity contribution in [2.24, 2.45) is 0 Å². The van der Waals surface area contributed by atoms with Crippen molar-refractivity contribution >= 4 is 10.0 Å². The molecule has 0 unspecified atom stereocenters. The summed E-state index contributed by atoms with van der Waals surface area (Å²) in [5.74, 6) is 0. The zero-order valence-electron chi connectivity index (χ0n) is 10.8. The number of likely N-dealkylation sites (N-methyl/N-ethyl adjacent to an activating group) is 1. The van der Waals surface area contributed by atoms with Gasteiger partial charge in [0.25, 0.3) is 10.0 Å². The van der Waals surface area contributed by atoms with Gasteiger partial charge in [-0.05, 0) is 6.92 Å². The number of sulfonamides is 1. The Hall–Kier alpha value is -0.960. The summed E-state index contributed by atoms with van der Waals surface area (Å²) in [6, 6.07) is 0. The lowest BCUT2D eigenvalue weighted by Crippen LogP contribution is -2.34. The molecule has 2 N–H and O–H groups in total. The van der Waals surface area contributed by atoms with Gasteiger partial charge in [0, 0.05) is 31.5 Å². The van der Waals surface area contributed by atoms with Crippen LogP contribution < -0.4 is 0 Å². The van der Waals surface area contributed by atoms with Crippen LogP contribution in [-0.4, -0.2) is 54.8 Å². The number of nitrogens with one attached hydrogen (secondary N) is 1. The molecule has 1 aromatic heterocycles. The summed E-state index contributed by atoms with van der Waals surface area (Å²) in [4.78, 5) is 0. The molecule has 0 aromatic carbocycles. The molecule has 0 radical (unpaired) electrons. The molecule has 0 aliphatic carbocycles. The largest absolute Gasteiger partial charge is 0.392 e. The van der Waals surface area contributed by atoms with E-state index >= 15 is 0 Å². The molecule has 0 aliphatic rings. The van der Waals surface area contributed by atoms with Crippen LogP contribution in [0.15, 0.2) is 5.03 Å². The topological polar surface area (TPSA) is 95.5 Å². The molecule has 0 spiro atoms. The van der Waals surface area contributed by atoms with Crippen molar-refractivity contribution in [1.82, 2.24) is 14.5 Å². The van der Waals surface area contributed by atoms with Crippen molar-refractivity contribution < 1.29 is 18.3 Å². The molecule has 104 valence electrons. The lowest BCUT2D eigenvalue weighted by Gasteiger charge is -2.19. The average molecular weight is 277 g/mol. The van der Waals surface area contributed by atoms with Gasteiger partial charge in [0.1, 0.15) is 0 Å². The van der Waals surface area contributed by atoms with Crippen LogP contribution in [0.2, 0.25) is 0 Å². The second-order valence-electron chi connectivity index (χ2n) is 3.78. The van der Waals surface area contributed by atoms with Gasteiger partial charge in [-0.25, -0.2) is 8.42 Å². The van der Waals surface area contributed by atoms with Crippen LogP contribution in [0.3, 0.4) is 0 Å². The van der Waals surface area contributed by atoms with E-state index in [1.165, 1.54) is 11.4 Å². The Balaban J connectivity index is 3.10. The predicted molar refractivity (Wildman–Crippen MR) is 65.6 cm³/mol. The van der Waals surface area contributed by atoms with E-state index in [-0.39, 0.29) is 18.2 Å². The van der Waals surface area contributed by atoms with E-state index in [0.29, 0.717) is 24.4 Å². The standard InChI is InChI=1S/C10H19N3O4S/c1-4-13(5-6-17-3)18(15,16)10-9(7-14)8(2)11-12-10/h14H,4-7H2,1-3H3,(H,11,12). The molecule has 0 atom stereocenters. The molecular formula is C10H19N3O4S. The summed E-state index contributed by atoms with van der Waals surface area (Å²) in [7, 11) is -2.18. The van der Waals surface area contributed by atoms with Crippen molar-refractivity contribution in [2.75, 3.05) is 26.8 Å². The van der Waals surface area contributed by atoms with Gasteiger partial charge < -0.3 is 9.84 Å². The first-order valence-electron chi connectivity index (χ1n) is 5.62. The van der Waals surface area contributed by atoms with Gasteiger partial charge in [-0.15, -0.1) is 0 Å².